The van der Waals surface area contributed by atoms with Crippen LogP contribution in [0.3, 0.4) is 0 Å². The Morgan fingerprint density at radius 2 is 1.58 bits per heavy atom. The summed E-state index contributed by atoms with van der Waals surface area (Å²) in [6, 6.07) is 27.3. The minimum Gasteiger partial charge on any atom is -0.489 e. The van der Waals surface area contributed by atoms with Crippen molar-refractivity contribution in [2.45, 2.75) is 50.9 Å². The molecule has 0 aromatic heterocycles. The van der Waals surface area contributed by atoms with Crippen molar-refractivity contribution in [2.24, 2.45) is 0 Å². The van der Waals surface area contributed by atoms with Gasteiger partial charge in [-0.2, -0.15) is 0 Å². The van der Waals surface area contributed by atoms with Crippen molar-refractivity contribution < 1.29 is 14.3 Å². The normalized spacial score (nSPS) is 19.4. The Kier molecular flexibility index (Phi) is 7.93. The number of hydrogen-bond donors (Lipinski definition) is 1. The third kappa shape index (κ3) is 4.94. The Labute approximate surface area is 213 Å². The maximum absolute atomic E-state index is 14.0. The van der Waals surface area contributed by atoms with Crippen LogP contribution in [0.15, 0.2) is 84.9 Å². The summed E-state index contributed by atoms with van der Waals surface area (Å²) in [6.45, 7) is 2.61. The second-order valence-corrected chi connectivity index (χ2v) is 9.29. The Morgan fingerprint density at radius 3 is 2.19 bits per heavy atom. The zero-order valence-electron chi connectivity index (χ0n) is 21.3. The first-order valence-electron chi connectivity index (χ1n) is 12.6. The lowest BCUT2D eigenvalue weighted by atomic mass is 9.82. The molecular formula is C30H35N3O3. The number of likely N-dealkylation sites (N-methyl/N-ethyl adjacent to an activating group) is 1. The topological polar surface area (TPSA) is 61.9 Å². The van der Waals surface area contributed by atoms with Gasteiger partial charge in [0.1, 0.15) is 18.5 Å². The van der Waals surface area contributed by atoms with E-state index in [0.717, 1.165) is 41.7 Å². The van der Waals surface area contributed by atoms with E-state index in [-0.39, 0.29) is 18.1 Å². The molecule has 188 valence electrons. The van der Waals surface area contributed by atoms with Crippen LogP contribution < -0.4 is 10.1 Å². The minimum atomic E-state index is -1.14. The van der Waals surface area contributed by atoms with Crippen LogP contribution in [-0.4, -0.2) is 42.0 Å². The van der Waals surface area contributed by atoms with Gasteiger partial charge in [0.25, 0.3) is 5.91 Å². The van der Waals surface area contributed by atoms with Crippen LogP contribution in [-0.2, 0) is 23.4 Å². The van der Waals surface area contributed by atoms with Crippen LogP contribution >= 0.6 is 0 Å². The number of nitrogens with one attached hydrogen (secondary N) is 1. The van der Waals surface area contributed by atoms with Crippen LogP contribution in [0.4, 0.5) is 4.79 Å². The fraction of sp³-hybridized carbons (Fsp3) is 0.333. The maximum Gasteiger partial charge on any atom is 0.319 e. The summed E-state index contributed by atoms with van der Waals surface area (Å²) < 4.78 is 5.95. The number of hydrogen-bond acceptors (Lipinski definition) is 3. The molecule has 3 amide bonds. The molecule has 6 nitrogen and oxygen atoms in total. The Hall–Kier alpha value is -3.80. The molecule has 0 spiro atoms. The van der Waals surface area contributed by atoms with Gasteiger partial charge >= 0.3 is 6.03 Å². The number of ether oxygens (including phenoxy) is 1. The van der Waals surface area contributed by atoms with E-state index in [0.29, 0.717) is 13.0 Å². The molecule has 1 fully saturated rings. The zero-order valence-corrected chi connectivity index (χ0v) is 21.3. The first-order valence-corrected chi connectivity index (χ1v) is 12.6. The lowest BCUT2D eigenvalue weighted by molar-refractivity contribution is -0.133. The lowest BCUT2D eigenvalue weighted by Crippen LogP contribution is -2.55. The van der Waals surface area contributed by atoms with Crippen LogP contribution in [0.25, 0.3) is 0 Å². The summed E-state index contributed by atoms with van der Waals surface area (Å²) in [5.41, 5.74) is 1.73. The number of urea groups is 1. The highest BCUT2D eigenvalue weighted by molar-refractivity contribution is 5.95. The molecule has 36 heavy (non-hydrogen) atoms. The molecule has 2 atom stereocenters. The van der Waals surface area contributed by atoms with E-state index in [2.05, 4.69) is 12.2 Å². The van der Waals surface area contributed by atoms with Crippen molar-refractivity contribution in [2.75, 3.05) is 14.1 Å². The number of benzene rings is 3. The van der Waals surface area contributed by atoms with E-state index in [9.17, 15) is 9.59 Å². The summed E-state index contributed by atoms with van der Waals surface area (Å²) >= 11 is 0. The van der Waals surface area contributed by atoms with Crippen molar-refractivity contribution >= 4 is 11.9 Å². The van der Waals surface area contributed by atoms with Crippen molar-refractivity contribution in [3.63, 3.8) is 0 Å². The lowest BCUT2D eigenvalue weighted by Gasteiger charge is -2.38. The second kappa shape index (κ2) is 11.3. The smallest absolute Gasteiger partial charge is 0.319 e. The van der Waals surface area contributed by atoms with Gasteiger partial charge in [0.2, 0.25) is 0 Å². The van der Waals surface area contributed by atoms with Crippen molar-refractivity contribution in [1.82, 2.24) is 15.1 Å². The molecule has 3 aromatic carbocycles. The molecule has 1 aliphatic rings. The highest BCUT2D eigenvalue weighted by Gasteiger charge is 2.58. The monoisotopic (exact) mass is 485 g/mol. The van der Waals surface area contributed by atoms with E-state index in [1.54, 1.807) is 16.8 Å². The number of amides is 3. The Bertz CT molecular complexity index is 1150. The molecule has 0 aliphatic carbocycles. The Balaban J connectivity index is 1.68. The van der Waals surface area contributed by atoms with Crippen LogP contribution in [0.5, 0.6) is 5.75 Å². The summed E-state index contributed by atoms with van der Waals surface area (Å²) in [6.07, 6.45) is 2.70. The van der Waals surface area contributed by atoms with Gasteiger partial charge in [-0.1, -0.05) is 86.1 Å². The molecule has 6 heteroatoms. The molecule has 2 unspecified atom stereocenters. The van der Waals surface area contributed by atoms with E-state index in [4.69, 9.17) is 4.74 Å². The van der Waals surface area contributed by atoms with E-state index < -0.39 is 5.54 Å². The van der Waals surface area contributed by atoms with E-state index in [1.165, 1.54) is 0 Å². The SMILES string of the molecule is CCCCC1N(C)C(=O)C(Cc2ccc(OCc3ccccc3)cc2)(c2ccccc2)N1C(=O)NC. The average molecular weight is 486 g/mol. The molecular weight excluding hydrogens is 450 g/mol. The maximum atomic E-state index is 14.0. The number of carbonyl (C=O) groups is 2. The summed E-state index contributed by atoms with van der Waals surface area (Å²) in [4.78, 5) is 30.9. The number of rotatable bonds is 9. The largest absolute Gasteiger partial charge is 0.489 e. The molecule has 1 N–H and O–H groups in total. The molecule has 1 aliphatic heterocycles. The quantitative estimate of drug-likeness (QED) is 0.445. The predicted molar refractivity (Wildman–Crippen MR) is 141 cm³/mol. The molecule has 3 aromatic rings. The molecule has 1 heterocycles. The van der Waals surface area contributed by atoms with E-state index >= 15 is 0 Å². The number of carbonyl (C=O) groups excluding carboxylic acids is 2. The van der Waals surface area contributed by atoms with E-state index in [1.807, 2.05) is 92.0 Å². The molecule has 0 saturated carbocycles. The molecule has 0 radical (unpaired) electrons. The van der Waals surface area contributed by atoms with Gasteiger partial charge in [-0.05, 0) is 41.7 Å². The van der Waals surface area contributed by atoms with Gasteiger partial charge in [-0.15, -0.1) is 0 Å². The summed E-state index contributed by atoms with van der Waals surface area (Å²) in [5, 5.41) is 2.79. The first-order chi connectivity index (χ1) is 17.5. The molecule has 0 bridgehead atoms. The van der Waals surface area contributed by atoms with Gasteiger partial charge in [-0.25, -0.2) is 4.79 Å². The molecule has 1 saturated heterocycles. The van der Waals surface area contributed by atoms with Gasteiger partial charge < -0.3 is 15.0 Å². The van der Waals surface area contributed by atoms with Crippen molar-refractivity contribution in [1.29, 1.82) is 0 Å². The fourth-order valence-electron chi connectivity index (χ4n) is 5.08. The second-order valence-electron chi connectivity index (χ2n) is 9.29. The summed E-state index contributed by atoms with van der Waals surface area (Å²) in [5.74, 6) is 0.693. The van der Waals surface area contributed by atoms with Crippen molar-refractivity contribution in [3.8, 4) is 5.75 Å². The minimum absolute atomic E-state index is 0.0668. The van der Waals surface area contributed by atoms with Crippen LogP contribution in [0.1, 0.15) is 42.9 Å². The average Bonchev–Trinajstić information content (AvgIpc) is 3.14. The highest BCUT2D eigenvalue weighted by Crippen LogP contribution is 2.43. The third-order valence-corrected chi connectivity index (χ3v) is 6.96. The van der Waals surface area contributed by atoms with Crippen LogP contribution in [0, 0.1) is 0 Å². The zero-order chi connectivity index (χ0) is 25.5. The Morgan fingerprint density at radius 1 is 0.944 bits per heavy atom. The predicted octanol–water partition coefficient (Wildman–Crippen LogP) is 5.33. The standard InChI is InChI=1S/C30H35N3O3/c1-4-5-16-27-32(3)28(34)30(33(27)29(35)31-2,25-14-10-7-11-15-25)21-23-17-19-26(20-18-23)36-22-24-12-8-6-9-13-24/h6-15,17-20,27H,4-5,16,21-22H2,1-3H3,(H,31,35). The van der Waals surface area contributed by atoms with Gasteiger partial charge in [0.05, 0.1) is 0 Å². The first kappa shape index (κ1) is 25.3. The summed E-state index contributed by atoms with van der Waals surface area (Å²) in [7, 11) is 3.43. The van der Waals surface area contributed by atoms with Gasteiger partial charge in [0.15, 0.2) is 5.54 Å². The third-order valence-electron chi connectivity index (χ3n) is 6.96. The van der Waals surface area contributed by atoms with Gasteiger partial charge in [-0.3, -0.25) is 9.69 Å². The number of unbranched alkanes of at least 4 members (excludes halogenated alkanes) is 1. The fourth-order valence-corrected chi connectivity index (χ4v) is 5.08. The van der Waals surface area contributed by atoms with Crippen LogP contribution in [0.2, 0.25) is 0 Å². The van der Waals surface area contributed by atoms with Gasteiger partial charge in [0, 0.05) is 20.5 Å². The number of nitrogens with zero attached hydrogens (tertiary/aromatic N) is 2. The van der Waals surface area contributed by atoms with Crippen molar-refractivity contribution in [3.05, 3.63) is 102 Å². The molecule has 4 rings (SSSR count). The highest BCUT2D eigenvalue weighted by atomic mass is 16.5.